The molecule has 0 bridgehead atoms. The molecule has 1 unspecified atom stereocenters. The molecule has 0 aliphatic heterocycles. The SMILES string of the molecule is CCCOCCC(=O)NCCC(O)COC. The lowest BCUT2D eigenvalue weighted by molar-refractivity contribution is -0.122. The molecule has 0 aliphatic carbocycles. The summed E-state index contributed by atoms with van der Waals surface area (Å²) in [7, 11) is 1.53. The third-order valence-corrected chi connectivity index (χ3v) is 1.98. The van der Waals surface area contributed by atoms with Crippen LogP contribution in [0.15, 0.2) is 0 Å². The molecule has 1 atom stereocenters. The molecular weight excluding hydrogens is 210 g/mol. The molecule has 0 aliphatic rings. The summed E-state index contributed by atoms with van der Waals surface area (Å²) >= 11 is 0. The highest BCUT2D eigenvalue weighted by Crippen LogP contribution is 1.91. The lowest BCUT2D eigenvalue weighted by atomic mass is 10.2. The topological polar surface area (TPSA) is 67.8 Å². The van der Waals surface area contributed by atoms with Crippen LogP contribution in [-0.4, -0.2) is 50.6 Å². The van der Waals surface area contributed by atoms with Crippen molar-refractivity contribution in [3.63, 3.8) is 0 Å². The number of ether oxygens (including phenoxy) is 2. The van der Waals surface area contributed by atoms with Crippen LogP contribution in [0.5, 0.6) is 0 Å². The Morgan fingerprint density at radius 1 is 1.44 bits per heavy atom. The Balaban J connectivity index is 3.29. The van der Waals surface area contributed by atoms with E-state index in [1.54, 1.807) is 0 Å². The van der Waals surface area contributed by atoms with Crippen LogP contribution in [0.3, 0.4) is 0 Å². The van der Waals surface area contributed by atoms with E-state index >= 15 is 0 Å². The molecule has 0 rings (SSSR count). The van der Waals surface area contributed by atoms with E-state index in [0.29, 0.717) is 39.2 Å². The second kappa shape index (κ2) is 10.9. The molecule has 0 spiro atoms. The first-order chi connectivity index (χ1) is 7.70. The Labute approximate surface area is 97.1 Å². The van der Waals surface area contributed by atoms with E-state index in [-0.39, 0.29) is 5.91 Å². The molecule has 0 radical (unpaired) electrons. The van der Waals surface area contributed by atoms with Crippen molar-refractivity contribution in [1.29, 1.82) is 0 Å². The highest BCUT2D eigenvalue weighted by Gasteiger charge is 2.05. The summed E-state index contributed by atoms with van der Waals surface area (Å²) in [5, 5.41) is 12.0. The van der Waals surface area contributed by atoms with Crippen molar-refractivity contribution in [2.45, 2.75) is 32.3 Å². The molecule has 0 saturated heterocycles. The van der Waals surface area contributed by atoms with Crippen LogP contribution in [0.4, 0.5) is 0 Å². The standard InChI is InChI=1S/C11H23NO4/c1-3-7-16-8-5-11(14)12-6-4-10(13)9-15-2/h10,13H,3-9H2,1-2H3,(H,12,14). The van der Waals surface area contributed by atoms with Gasteiger partial charge >= 0.3 is 0 Å². The molecule has 1 amide bonds. The quantitative estimate of drug-likeness (QED) is 0.533. The van der Waals surface area contributed by atoms with E-state index in [2.05, 4.69) is 5.32 Å². The number of carbonyl (C=O) groups excluding carboxylic acids is 1. The van der Waals surface area contributed by atoms with Crippen LogP contribution in [0.2, 0.25) is 0 Å². The summed E-state index contributed by atoms with van der Waals surface area (Å²) in [6.45, 7) is 3.95. The number of hydrogen-bond acceptors (Lipinski definition) is 4. The Morgan fingerprint density at radius 2 is 2.19 bits per heavy atom. The fourth-order valence-corrected chi connectivity index (χ4v) is 1.15. The van der Waals surface area contributed by atoms with Crippen molar-refractivity contribution in [3.05, 3.63) is 0 Å². The van der Waals surface area contributed by atoms with E-state index < -0.39 is 6.10 Å². The highest BCUT2D eigenvalue weighted by atomic mass is 16.5. The first-order valence-electron chi connectivity index (χ1n) is 5.72. The number of aliphatic hydroxyl groups is 1. The Hall–Kier alpha value is -0.650. The van der Waals surface area contributed by atoms with Crippen LogP contribution < -0.4 is 5.32 Å². The lowest BCUT2D eigenvalue weighted by Gasteiger charge is -2.10. The molecule has 0 aromatic carbocycles. The minimum absolute atomic E-state index is 0.0410. The number of nitrogens with one attached hydrogen (secondary N) is 1. The van der Waals surface area contributed by atoms with E-state index in [4.69, 9.17) is 9.47 Å². The minimum Gasteiger partial charge on any atom is -0.391 e. The predicted molar refractivity (Wildman–Crippen MR) is 61.2 cm³/mol. The van der Waals surface area contributed by atoms with Crippen molar-refractivity contribution < 1.29 is 19.4 Å². The molecule has 5 nitrogen and oxygen atoms in total. The fourth-order valence-electron chi connectivity index (χ4n) is 1.15. The zero-order chi connectivity index (χ0) is 12.2. The molecule has 0 aromatic rings. The summed E-state index contributed by atoms with van der Waals surface area (Å²) in [6, 6.07) is 0. The van der Waals surface area contributed by atoms with Gasteiger partial charge in [-0.15, -0.1) is 0 Å². The zero-order valence-electron chi connectivity index (χ0n) is 10.2. The van der Waals surface area contributed by atoms with Gasteiger partial charge in [-0.25, -0.2) is 0 Å². The summed E-state index contributed by atoms with van der Waals surface area (Å²) in [5.41, 5.74) is 0. The molecule has 0 fully saturated rings. The monoisotopic (exact) mass is 233 g/mol. The van der Waals surface area contributed by atoms with Crippen LogP contribution in [-0.2, 0) is 14.3 Å². The normalized spacial score (nSPS) is 12.4. The molecule has 0 saturated carbocycles. The van der Waals surface area contributed by atoms with Gasteiger partial charge in [0, 0.05) is 26.7 Å². The average molecular weight is 233 g/mol. The zero-order valence-corrected chi connectivity index (χ0v) is 10.2. The second-order valence-electron chi connectivity index (χ2n) is 3.61. The Bertz CT molecular complexity index is 175. The van der Waals surface area contributed by atoms with Gasteiger partial charge in [-0.05, 0) is 12.8 Å². The van der Waals surface area contributed by atoms with Gasteiger partial charge in [0.15, 0.2) is 0 Å². The van der Waals surface area contributed by atoms with Crippen molar-refractivity contribution in [2.75, 3.05) is 33.5 Å². The van der Waals surface area contributed by atoms with Gasteiger partial charge in [0.05, 0.1) is 19.3 Å². The highest BCUT2D eigenvalue weighted by molar-refractivity contribution is 5.75. The van der Waals surface area contributed by atoms with Gasteiger partial charge in [0.1, 0.15) is 0 Å². The van der Waals surface area contributed by atoms with Gasteiger partial charge in [0.2, 0.25) is 5.91 Å². The maximum atomic E-state index is 11.2. The van der Waals surface area contributed by atoms with Gasteiger partial charge in [-0.2, -0.15) is 0 Å². The van der Waals surface area contributed by atoms with Gasteiger partial charge in [-0.3, -0.25) is 4.79 Å². The largest absolute Gasteiger partial charge is 0.391 e. The number of aliphatic hydroxyl groups excluding tert-OH is 1. The van der Waals surface area contributed by atoms with Crippen LogP contribution in [0.1, 0.15) is 26.2 Å². The maximum absolute atomic E-state index is 11.2. The number of carbonyl (C=O) groups is 1. The predicted octanol–water partition coefficient (Wildman–Crippen LogP) is 0.317. The molecule has 5 heteroatoms. The number of hydrogen-bond donors (Lipinski definition) is 2. The Kier molecular flexibility index (Phi) is 10.4. The van der Waals surface area contributed by atoms with Gasteiger partial charge in [-0.1, -0.05) is 6.92 Å². The summed E-state index contributed by atoms with van der Waals surface area (Å²) in [6.07, 6.45) is 1.34. The number of rotatable bonds is 10. The van der Waals surface area contributed by atoms with E-state index in [1.165, 1.54) is 7.11 Å². The molecule has 96 valence electrons. The van der Waals surface area contributed by atoms with Crippen LogP contribution in [0.25, 0.3) is 0 Å². The lowest BCUT2D eigenvalue weighted by Crippen LogP contribution is -2.29. The van der Waals surface area contributed by atoms with E-state index in [0.717, 1.165) is 6.42 Å². The molecule has 2 N–H and O–H groups in total. The maximum Gasteiger partial charge on any atom is 0.222 e. The van der Waals surface area contributed by atoms with Gasteiger partial charge in [0.25, 0.3) is 0 Å². The number of amides is 1. The summed E-state index contributed by atoms with van der Waals surface area (Å²) < 4.78 is 9.96. The summed E-state index contributed by atoms with van der Waals surface area (Å²) in [5.74, 6) is -0.0410. The number of methoxy groups -OCH3 is 1. The van der Waals surface area contributed by atoms with E-state index in [1.807, 2.05) is 6.92 Å². The van der Waals surface area contributed by atoms with Crippen molar-refractivity contribution in [2.24, 2.45) is 0 Å². The molecular formula is C11H23NO4. The first-order valence-corrected chi connectivity index (χ1v) is 5.72. The molecule has 0 heterocycles. The van der Waals surface area contributed by atoms with Gasteiger partial charge < -0.3 is 19.9 Å². The van der Waals surface area contributed by atoms with Crippen LogP contribution in [0, 0.1) is 0 Å². The second-order valence-corrected chi connectivity index (χ2v) is 3.61. The van der Waals surface area contributed by atoms with Crippen molar-refractivity contribution >= 4 is 5.91 Å². The minimum atomic E-state index is -0.512. The smallest absolute Gasteiger partial charge is 0.222 e. The Morgan fingerprint density at radius 3 is 2.81 bits per heavy atom. The van der Waals surface area contributed by atoms with E-state index in [9.17, 15) is 9.90 Å². The first kappa shape index (κ1) is 15.3. The van der Waals surface area contributed by atoms with Crippen LogP contribution >= 0.6 is 0 Å². The molecule has 16 heavy (non-hydrogen) atoms. The average Bonchev–Trinajstić information content (AvgIpc) is 2.25. The third-order valence-electron chi connectivity index (χ3n) is 1.98. The molecule has 0 aromatic heterocycles. The van der Waals surface area contributed by atoms with Crippen molar-refractivity contribution in [1.82, 2.24) is 5.32 Å². The fraction of sp³-hybridized carbons (Fsp3) is 0.909. The summed E-state index contributed by atoms with van der Waals surface area (Å²) in [4.78, 5) is 11.2. The van der Waals surface area contributed by atoms with Crippen molar-refractivity contribution in [3.8, 4) is 0 Å². The third kappa shape index (κ3) is 9.89.